The van der Waals surface area contributed by atoms with Crippen LogP contribution < -0.4 is 0 Å². The first-order valence-corrected chi connectivity index (χ1v) is 5.71. The van der Waals surface area contributed by atoms with Crippen LogP contribution in [0.5, 0.6) is 0 Å². The van der Waals surface area contributed by atoms with E-state index in [9.17, 15) is 0 Å². The molecule has 18 heavy (non-hydrogen) atoms. The maximum Gasteiger partial charge on any atom is 0.178 e. The molecule has 0 atom stereocenters. The Balaban J connectivity index is 2.21. The number of hydrogen-bond acceptors (Lipinski definition) is 4. The van der Waals surface area contributed by atoms with Crippen LogP contribution in [-0.4, -0.2) is 14.7 Å². The SMILES string of the molecule is N#Cc1cccc2c1[nH]c(=S)n2Cc1ccno1. The lowest BCUT2D eigenvalue weighted by molar-refractivity contribution is 0.377. The zero-order chi connectivity index (χ0) is 12.5. The zero-order valence-corrected chi connectivity index (χ0v) is 10.1. The second kappa shape index (κ2) is 4.13. The summed E-state index contributed by atoms with van der Waals surface area (Å²) in [6.07, 6.45) is 1.59. The second-order valence-corrected chi connectivity index (χ2v) is 4.19. The van der Waals surface area contributed by atoms with Crippen molar-refractivity contribution in [3.63, 3.8) is 0 Å². The Kier molecular flexibility index (Phi) is 2.46. The maximum atomic E-state index is 9.05. The highest BCUT2D eigenvalue weighted by Gasteiger charge is 2.09. The Morgan fingerprint density at radius 3 is 3.06 bits per heavy atom. The minimum atomic E-state index is 0.494. The highest BCUT2D eigenvalue weighted by Crippen LogP contribution is 2.19. The van der Waals surface area contributed by atoms with E-state index >= 15 is 0 Å². The van der Waals surface area contributed by atoms with Gasteiger partial charge in [0.15, 0.2) is 10.5 Å². The third-order valence-corrected chi connectivity index (χ3v) is 3.06. The van der Waals surface area contributed by atoms with Gasteiger partial charge < -0.3 is 14.1 Å². The van der Waals surface area contributed by atoms with Crippen molar-refractivity contribution < 1.29 is 4.52 Å². The molecular formula is C12H8N4OS. The molecule has 6 heteroatoms. The molecular weight excluding hydrogens is 248 g/mol. The minimum Gasteiger partial charge on any atom is -0.359 e. The molecule has 3 rings (SSSR count). The number of nitriles is 1. The molecule has 1 aromatic carbocycles. The molecule has 0 spiro atoms. The molecule has 3 aromatic rings. The molecule has 0 radical (unpaired) electrons. The number of nitrogens with zero attached hydrogens (tertiary/aromatic N) is 3. The quantitative estimate of drug-likeness (QED) is 0.715. The number of aromatic nitrogens is 3. The molecule has 0 amide bonds. The van der Waals surface area contributed by atoms with Gasteiger partial charge in [0.05, 0.1) is 29.3 Å². The van der Waals surface area contributed by atoms with Gasteiger partial charge >= 0.3 is 0 Å². The lowest BCUT2D eigenvalue weighted by atomic mass is 10.2. The van der Waals surface area contributed by atoms with E-state index in [0.717, 1.165) is 16.8 Å². The summed E-state index contributed by atoms with van der Waals surface area (Å²) in [6.45, 7) is 0.494. The fraction of sp³-hybridized carbons (Fsp3) is 0.0833. The summed E-state index contributed by atoms with van der Waals surface area (Å²) in [5.74, 6) is 0.717. The van der Waals surface area contributed by atoms with Crippen molar-refractivity contribution in [1.29, 1.82) is 5.26 Å². The molecule has 0 aliphatic carbocycles. The first-order chi connectivity index (χ1) is 8.79. The van der Waals surface area contributed by atoms with Crippen LogP contribution >= 0.6 is 12.2 Å². The lowest BCUT2D eigenvalue weighted by Gasteiger charge is -2.00. The largest absolute Gasteiger partial charge is 0.359 e. The third-order valence-electron chi connectivity index (χ3n) is 2.74. The van der Waals surface area contributed by atoms with Gasteiger partial charge in [-0.2, -0.15) is 5.26 Å². The Morgan fingerprint density at radius 1 is 1.44 bits per heavy atom. The molecule has 88 valence electrons. The molecule has 0 fully saturated rings. The number of H-pyrrole nitrogens is 1. The van der Waals surface area contributed by atoms with Crippen molar-refractivity contribution in [1.82, 2.24) is 14.7 Å². The number of benzene rings is 1. The Bertz CT molecular complexity index is 792. The summed E-state index contributed by atoms with van der Waals surface area (Å²) in [5, 5.41) is 12.7. The molecule has 0 bridgehead atoms. The van der Waals surface area contributed by atoms with E-state index in [4.69, 9.17) is 22.0 Å². The van der Waals surface area contributed by atoms with Crippen LogP contribution in [0.4, 0.5) is 0 Å². The smallest absolute Gasteiger partial charge is 0.178 e. The minimum absolute atomic E-state index is 0.494. The summed E-state index contributed by atoms with van der Waals surface area (Å²) in [5.41, 5.74) is 2.22. The molecule has 0 aliphatic heterocycles. The number of fused-ring (bicyclic) bond motifs is 1. The number of nitrogens with one attached hydrogen (secondary N) is 1. The van der Waals surface area contributed by atoms with Gasteiger partial charge in [0, 0.05) is 6.07 Å². The van der Waals surface area contributed by atoms with E-state index in [1.807, 2.05) is 16.7 Å². The Labute approximate surface area is 107 Å². The molecule has 5 nitrogen and oxygen atoms in total. The van der Waals surface area contributed by atoms with Crippen molar-refractivity contribution in [2.45, 2.75) is 6.54 Å². The topological polar surface area (TPSA) is 70.5 Å². The van der Waals surface area contributed by atoms with E-state index in [1.165, 1.54) is 0 Å². The van der Waals surface area contributed by atoms with Crippen LogP contribution in [0, 0.1) is 16.1 Å². The number of para-hydroxylation sites is 1. The lowest BCUT2D eigenvalue weighted by Crippen LogP contribution is -1.98. The zero-order valence-electron chi connectivity index (χ0n) is 9.25. The van der Waals surface area contributed by atoms with E-state index in [2.05, 4.69) is 16.2 Å². The van der Waals surface area contributed by atoms with Crippen LogP contribution in [0.2, 0.25) is 0 Å². The second-order valence-electron chi connectivity index (χ2n) is 3.81. The van der Waals surface area contributed by atoms with Crippen molar-refractivity contribution in [2.24, 2.45) is 0 Å². The molecule has 0 saturated heterocycles. The van der Waals surface area contributed by atoms with Gasteiger partial charge in [-0.15, -0.1) is 0 Å². The predicted octanol–water partition coefficient (Wildman–Crippen LogP) is 2.61. The van der Waals surface area contributed by atoms with Crippen LogP contribution in [0.25, 0.3) is 11.0 Å². The summed E-state index contributed by atoms with van der Waals surface area (Å²) in [7, 11) is 0. The molecule has 2 aromatic heterocycles. The average Bonchev–Trinajstić information content (AvgIpc) is 2.99. The van der Waals surface area contributed by atoms with Gasteiger partial charge in [-0.3, -0.25) is 0 Å². The van der Waals surface area contributed by atoms with Crippen LogP contribution in [0.3, 0.4) is 0 Å². The highest BCUT2D eigenvalue weighted by molar-refractivity contribution is 7.71. The van der Waals surface area contributed by atoms with Crippen molar-refractivity contribution in [2.75, 3.05) is 0 Å². The predicted molar refractivity (Wildman–Crippen MR) is 67.4 cm³/mol. The average molecular weight is 256 g/mol. The molecule has 0 saturated carbocycles. The Morgan fingerprint density at radius 2 is 2.33 bits per heavy atom. The fourth-order valence-electron chi connectivity index (χ4n) is 1.91. The summed E-state index contributed by atoms with van der Waals surface area (Å²) in [6, 6.07) is 9.43. The van der Waals surface area contributed by atoms with Gasteiger partial charge in [0.2, 0.25) is 0 Å². The van der Waals surface area contributed by atoms with Crippen molar-refractivity contribution >= 4 is 23.3 Å². The van der Waals surface area contributed by atoms with Gasteiger partial charge in [-0.05, 0) is 24.4 Å². The van der Waals surface area contributed by atoms with Gasteiger partial charge in [-0.25, -0.2) is 0 Å². The summed E-state index contributed by atoms with van der Waals surface area (Å²) >= 11 is 5.27. The summed E-state index contributed by atoms with van der Waals surface area (Å²) in [4.78, 5) is 3.05. The number of rotatable bonds is 2. The molecule has 0 aliphatic rings. The first kappa shape index (κ1) is 10.7. The van der Waals surface area contributed by atoms with Crippen LogP contribution in [-0.2, 0) is 6.54 Å². The number of aromatic amines is 1. The molecule has 2 heterocycles. The van der Waals surface area contributed by atoms with Gasteiger partial charge in [-0.1, -0.05) is 11.2 Å². The maximum absolute atomic E-state index is 9.05. The van der Waals surface area contributed by atoms with Crippen molar-refractivity contribution in [3.05, 3.63) is 46.6 Å². The van der Waals surface area contributed by atoms with Crippen LogP contribution in [0.15, 0.2) is 35.0 Å². The van der Waals surface area contributed by atoms with Crippen LogP contribution in [0.1, 0.15) is 11.3 Å². The Hall–Kier alpha value is -2.39. The fourth-order valence-corrected chi connectivity index (χ4v) is 2.17. The van der Waals surface area contributed by atoms with E-state index in [-0.39, 0.29) is 0 Å². The molecule has 1 N–H and O–H groups in total. The number of hydrogen-bond donors (Lipinski definition) is 1. The highest BCUT2D eigenvalue weighted by atomic mass is 32.1. The van der Waals surface area contributed by atoms with E-state index in [1.54, 1.807) is 18.3 Å². The normalized spacial score (nSPS) is 10.6. The standard InChI is InChI=1S/C12H8N4OS/c13-6-8-2-1-3-10-11(8)15-12(18)16(10)7-9-4-5-14-17-9/h1-5H,7H2,(H,15,18). The number of imidazole rings is 1. The van der Waals surface area contributed by atoms with E-state index < -0.39 is 0 Å². The third kappa shape index (κ3) is 1.61. The molecule has 0 unspecified atom stereocenters. The monoisotopic (exact) mass is 256 g/mol. The van der Waals surface area contributed by atoms with Gasteiger partial charge in [0.1, 0.15) is 6.07 Å². The summed E-state index contributed by atoms with van der Waals surface area (Å²) < 4.78 is 7.51. The van der Waals surface area contributed by atoms with E-state index in [0.29, 0.717) is 16.9 Å². The van der Waals surface area contributed by atoms with Gasteiger partial charge in [0.25, 0.3) is 0 Å². The van der Waals surface area contributed by atoms with Crippen molar-refractivity contribution in [3.8, 4) is 6.07 Å². The first-order valence-electron chi connectivity index (χ1n) is 5.31.